The number of ketones is 1. The largest absolute Gasteiger partial charge is 0.350 e. The number of nitrogens with zero attached hydrogens (tertiary/aromatic N) is 1. The number of hydrogen-bond donors (Lipinski definition) is 2. The van der Waals surface area contributed by atoms with Crippen LogP contribution in [-0.4, -0.2) is 29.1 Å². The van der Waals surface area contributed by atoms with Gasteiger partial charge in [-0.3, -0.25) is 19.4 Å². The van der Waals surface area contributed by atoms with Crippen molar-refractivity contribution < 1.29 is 14.4 Å². The molecule has 0 aliphatic rings. The van der Waals surface area contributed by atoms with Gasteiger partial charge in [0.15, 0.2) is 5.78 Å². The van der Waals surface area contributed by atoms with Crippen molar-refractivity contribution in [2.75, 3.05) is 11.9 Å². The molecule has 1 heterocycles. The second kappa shape index (κ2) is 8.19. The minimum absolute atomic E-state index is 0.0379. The van der Waals surface area contributed by atoms with Crippen LogP contribution in [0.3, 0.4) is 0 Å². The Balaban J connectivity index is 2.07. The van der Waals surface area contributed by atoms with E-state index < -0.39 is 0 Å². The maximum Gasteiger partial charge on any atom is 0.269 e. The second-order valence-electron chi connectivity index (χ2n) is 6.12. The van der Waals surface area contributed by atoms with Gasteiger partial charge in [-0.15, -0.1) is 0 Å². The van der Waals surface area contributed by atoms with E-state index in [-0.39, 0.29) is 23.3 Å². The number of hydrogen-bond acceptors (Lipinski definition) is 4. The summed E-state index contributed by atoms with van der Waals surface area (Å²) in [4.78, 5) is 39.7. The van der Waals surface area contributed by atoms with E-state index in [2.05, 4.69) is 15.6 Å². The molecule has 2 amide bonds. The van der Waals surface area contributed by atoms with Gasteiger partial charge < -0.3 is 10.6 Å². The molecule has 0 spiro atoms. The first kappa shape index (κ1) is 18.3. The molecule has 0 aliphatic heterocycles. The summed E-state index contributed by atoms with van der Waals surface area (Å²) >= 11 is 0. The molecule has 2 aromatic rings. The lowest BCUT2D eigenvalue weighted by atomic mass is 10.1. The number of carbonyl (C=O) groups is 3. The minimum Gasteiger partial charge on any atom is -0.350 e. The van der Waals surface area contributed by atoms with E-state index in [1.54, 1.807) is 30.3 Å². The quantitative estimate of drug-likeness (QED) is 0.792. The first-order chi connectivity index (χ1) is 11.9. The third-order valence-electron chi connectivity index (χ3n) is 3.47. The molecule has 25 heavy (non-hydrogen) atoms. The summed E-state index contributed by atoms with van der Waals surface area (Å²) in [5, 5.41) is 5.50. The summed E-state index contributed by atoms with van der Waals surface area (Å²) in [5.74, 6) is -0.373. The first-order valence-electron chi connectivity index (χ1n) is 8.03. The molecule has 0 atom stereocenters. The van der Waals surface area contributed by atoms with Gasteiger partial charge in [0.05, 0.1) is 0 Å². The van der Waals surface area contributed by atoms with Gasteiger partial charge in [0.2, 0.25) is 0 Å². The highest BCUT2D eigenvalue weighted by atomic mass is 16.2. The fraction of sp³-hybridized carbons (Fsp3) is 0.263. The van der Waals surface area contributed by atoms with Crippen molar-refractivity contribution in [1.29, 1.82) is 0 Å². The molecule has 0 unspecified atom stereocenters. The van der Waals surface area contributed by atoms with Crippen molar-refractivity contribution in [2.24, 2.45) is 5.92 Å². The molecular formula is C19H21N3O3. The molecule has 0 fully saturated rings. The monoisotopic (exact) mass is 339 g/mol. The van der Waals surface area contributed by atoms with Crippen molar-refractivity contribution in [2.45, 2.75) is 20.8 Å². The van der Waals surface area contributed by atoms with Gasteiger partial charge in [0.1, 0.15) is 5.69 Å². The molecule has 6 nitrogen and oxygen atoms in total. The second-order valence-corrected chi connectivity index (χ2v) is 6.12. The van der Waals surface area contributed by atoms with E-state index in [1.165, 1.54) is 19.2 Å². The average Bonchev–Trinajstić information content (AvgIpc) is 2.60. The van der Waals surface area contributed by atoms with E-state index in [1.807, 2.05) is 13.8 Å². The predicted molar refractivity (Wildman–Crippen MR) is 95.8 cm³/mol. The number of amides is 2. The fourth-order valence-electron chi connectivity index (χ4n) is 2.07. The Bertz CT molecular complexity index is 783. The van der Waals surface area contributed by atoms with Gasteiger partial charge in [-0.1, -0.05) is 13.8 Å². The lowest BCUT2D eigenvalue weighted by molar-refractivity contribution is 0.0943. The van der Waals surface area contributed by atoms with Gasteiger partial charge in [-0.25, -0.2) is 0 Å². The molecule has 0 bridgehead atoms. The minimum atomic E-state index is -0.351. The zero-order chi connectivity index (χ0) is 18.4. The smallest absolute Gasteiger partial charge is 0.269 e. The molecule has 1 aromatic carbocycles. The highest BCUT2D eigenvalue weighted by Gasteiger charge is 2.12. The number of carbonyl (C=O) groups excluding carboxylic acids is 3. The van der Waals surface area contributed by atoms with Crippen LogP contribution in [0.1, 0.15) is 52.0 Å². The SMILES string of the molecule is CC(=O)c1ccc(NC(=O)c2ccnc(C(=O)NCC(C)C)c2)cc1. The van der Waals surface area contributed by atoms with Crippen molar-refractivity contribution in [3.63, 3.8) is 0 Å². The number of nitrogens with one attached hydrogen (secondary N) is 2. The Kier molecular flexibility index (Phi) is 6.00. The van der Waals surface area contributed by atoms with Crippen LogP contribution in [0.5, 0.6) is 0 Å². The van der Waals surface area contributed by atoms with E-state index in [0.29, 0.717) is 29.3 Å². The van der Waals surface area contributed by atoms with E-state index in [9.17, 15) is 14.4 Å². The van der Waals surface area contributed by atoms with Crippen molar-refractivity contribution in [3.05, 3.63) is 59.4 Å². The van der Waals surface area contributed by atoms with Crippen LogP contribution < -0.4 is 10.6 Å². The Morgan fingerprint density at radius 2 is 1.68 bits per heavy atom. The molecule has 1 aromatic heterocycles. The lowest BCUT2D eigenvalue weighted by Crippen LogP contribution is -2.28. The topological polar surface area (TPSA) is 88.2 Å². The number of rotatable bonds is 6. The molecule has 6 heteroatoms. The van der Waals surface area contributed by atoms with E-state index in [0.717, 1.165) is 0 Å². The molecule has 0 saturated carbocycles. The molecule has 0 radical (unpaired) electrons. The van der Waals surface area contributed by atoms with Gasteiger partial charge in [-0.05, 0) is 49.2 Å². The molecule has 130 valence electrons. The number of pyridine rings is 1. The summed E-state index contributed by atoms with van der Waals surface area (Å²) in [6.07, 6.45) is 1.43. The third kappa shape index (κ3) is 5.24. The Labute approximate surface area is 146 Å². The van der Waals surface area contributed by atoms with Gasteiger partial charge >= 0.3 is 0 Å². The van der Waals surface area contributed by atoms with Gasteiger partial charge in [-0.2, -0.15) is 0 Å². The van der Waals surface area contributed by atoms with Crippen LogP contribution in [-0.2, 0) is 0 Å². The maximum atomic E-state index is 12.3. The Morgan fingerprint density at radius 1 is 1.00 bits per heavy atom. The number of Topliss-reactive ketones (excluding diaryl/α,β-unsaturated/α-hetero) is 1. The normalized spacial score (nSPS) is 10.4. The highest BCUT2D eigenvalue weighted by molar-refractivity contribution is 6.06. The zero-order valence-corrected chi connectivity index (χ0v) is 14.5. The van der Waals surface area contributed by atoms with E-state index in [4.69, 9.17) is 0 Å². The van der Waals surface area contributed by atoms with Gasteiger partial charge in [0, 0.05) is 29.6 Å². The first-order valence-corrected chi connectivity index (χ1v) is 8.03. The number of anilines is 1. The average molecular weight is 339 g/mol. The zero-order valence-electron chi connectivity index (χ0n) is 14.5. The predicted octanol–water partition coefficient (Wildman–Crippen LogP) is 2.92. The third-order valence-corrected chi connectivity index (χ3v) is 3.47. The van der Waals surface area contributed by atoms with Crippen LogP contribution >= 0.6 is 0 Å². The van der Waals surface area contributed by atoms with Crippen molar-refractivity contribution in [1.82, 2.24) is 10.3 Å². The standard InChI is InChI=1S/C19H21N3O3/c1-12(2)11-21-19(25)17-10-15(8-9-20-17)18(24)22-16-6-4-14(5-7-16)13(3)23/h4-10,12H,11H2,1-3H3,(H,21,25)(H,22,24). The van der Waals surface area contributed by atoms with Crippen LogP contribution in [0.15, 0.2) is 42.6 Å². The lowest BCUT2D eigenvalue weighted by Gasteiger charge is -2.09. The van der Waals surface area contributed by atoms with Crippen LogP contribution in [0.4, 0.5) is 5.69 Å². The Morgan fingerprint density at radius 3 is 2.28 bits per heavy atom. The Hall–Kier alpha value is -3.02. The molecular weight excluding hydrogens is 318 g/mol. The number of aromatic nitrogens is 1. The summed E-state index contributed by atoms with van der Waals surface area (Å²) in [6, 6.07) is 9.61. The maximum absolute atomic E-state index is 12.3. The summed E-state index contributed by atoms with van der Waals surface area (Å²) < 4.78 is 0. The van der Waals surface area contributed by atoms with Gasteiger partial charge in [0.25, 0.3) is 11.8 Å². The molecule has 0 aliphatic carbocycles. The molecule has 2 N–H and O–H groups in total. The van der Waals surface area contributed by atoms with E-state index >= 15 is 0 Å². The van der Waals surface area contributed by atoms with Crippen LogP contribution in [0, 0.1) is 5.92 Å². The van der Waals surface area contributed by atoms with Crippen LogP contribution in [0.25, 0.3) is 0 Å². The highest BCUT2D eigenvalue weighted by Crippen LogP contribution is 2.12. The summed E-state index contributed by atoms with van der Waals surface area (Å²) in [5.41, 5.74) is 1.67. The fourth-order valence-corrected chi connectivity index (χ4v) is 2.07. The summed E-state index contributed by atoms with van der Waals surface area (Å²) in [7, 11) is 0. The van der Waals surface area contributed by atoms with Crippen LogP contribution in [0.2, 0.25) is 0 Å². The summed E-state index contributed by atoms with van der Waals surface area (Å²) in [6.45, 7) is 6.01. The molecule has 0 saturated heterocycles. The molecule has 2 rings (SSSR count). The van der Waals surface area contributed by atoms with Crippen molar-refractivity contribution in [3.8, 4) is 0 Å². The van der Waals surface area contributed by atoms with Crippen molar-refractivity contribution >= 4 is 23.3 Å². The number of benzene rings is 1.